The standard InChI is InChI=1S/C9H13N3O3S/c1-4-6(9(14)15)8(16-12-4)11-7(13)5(2)10-3/h5,10H,1-3H3,(H,11,13)(H,14,15). The third-order valence-electron chi connectivity index (χ3n) is 2.14. The van der Waals surface area contributed by atoms with E-state index in [1.165, 1.54) is 0 Å². The minimum atomic E-state index is -1.08. The quantitative estimate of drug-likeness (QED) is 0.724. The van der Waals surface area contributed by atoms with Crippen molar-refractivity contribution in [3.8, 4) is 0 Å². The van der Waals surface area contributed by atoms with Gasteiger partial charge in [0, 0.05) is 0 Å². The zero-order valence-corrected chi connectivity index (χ0v) is 10.0. The molecule has 0 aliphatic heterocycles. The molecule has 1 aromatic heterocycles. The molecule has 0 aliphatic rings. The van der Waals surface area contributed by atoms with E-state index in [2.05, 4.69) is 15.0 Å². The van der Waals surface area contributed by atoms with E-state index in [1.807, 2.05) is 0 Å². The Balaban J connectivity index is 2.90. The number of nitrogens with zero attached hydrogens (tertiary/aromatic N) is 1. The number of likely N-dealkylation sites (N-methyl/N-ethyl adjacent to an activating group) is 1. The molecule has 0 fully saturated rings. The van der Waals surface area contributed by atoms with Crippen LogP contribution in [0.2, 0.25) is 0 Å². The maximum absolute atomic E-state index is 11.5. The Hall–Kier alpha value is -1.47. The number of carbonyl (C=O) groups is 2. The van der Waals surface area contributed by atoms with Gasteiger partial charge in [0.15, 0.2) is 0 Å². The summed E-state index contributed by atoms with van der Waals surface area (Å²) in [5.74, 6) is -1.37. The molecule has 0 aliphatic carbocycles. The topological polar surface area (TPSA) is 91.3 Å². The van der Waals surface area contributed by atoms with E-state index in [-0.39, 0.29) is 22.5 Å². The molecule has 88 valence electrons. The molecular weight excluding hydrogens is 230 g/mol. The molecule has 0 aromatic carbocycles. The largest absolute Gasteiger partial charge is 0.478 e. The van der Waals surface area contributed by atoms with Crippen molar-refractivity contribution in [1.29, 1.82) is 0 Å². The highest BCUT2D eigenvalue weighted by molar-refractivity contribution is 7.11. The van der Waals surface area contributed by atoms with Gasteiger partial charge in [-0.05, 0) is 32.4 Å². The number of carboxylic acid groups (broad SMARTS) is 1. The molecule has 1 aromatic rings. The fourth-order valence-electron chi connectivity index (χ4n) is 1.06. The fourth-order valence-corrected chi connectivity index (χ4v) is 1.85. The van der Waals surface area contributed by atoms with Crippen LogP contribution in [0.3, 0.4) is 0 Å². The van der Waals surface area contributed by atoms with E-state index in [9.17, 15) is 9.59 Å². The summed E-state index contributed by atoms with van der Waals surface area (Å²) >= 11 is 0.970. The number of aromatic nitrogens is 1. The number of carboxylic acids is 1. The smallest absolute Gasteiger partial charge is 0.340 e. The van der Waals surface area contributed by atoms with Crippen LogP contribution in [-0.2, 0) is 4.79 Å². The number of rotatable bonds is 4. The number of aromatic carboxylic acids is 1. The highest BCUT2D eigenvalue weighted by Gasteiger charge is 2.20. The molecule has 1 atom stereocenters. The molecule has 1 rings (SSSR count). The lowest BCUT2D eigenvalue weighted by Crippen LogP contribution is -2.35. The monoisotopic (exact) mass is 243 g/mol. The van der Waals surface area contributed by atoms with Crippen molar-refractivity contribution in [1.82, 2.24) is 9.69 Å². The van der Waals surface area contributed by atoms with Crippen molar-refractivity contribution < 1.29 is 14.7 Å². The van der Waals surface area contributed by atoms with Crippen LogP contribution in [-0.4, -0.2) is 34.4 Å². The molecule has 1 unspecified atom stereocenters. The summed E-state index contributed by atoms with van der Waals surface area (Å²) in [5.41, 5.74) is 0.464. The van der Waals surface area contributed by atoms with Crippen LogP contribution in [0.5, 0.6) is 0 Å². The second kappa shape index (κ2) is 5.04. The van der Waals surface area contributed by atoms with E-state index in [0.717, 1.165) is 11.5 Å². The Morgan fingerprint density at radius 1 is 1.50 bits per heavy atom. The molecule has 16 heavy (non-hydrogen) atoms. The average molecular weight is 243 g/mol. The Morgan fingerprint density at radius 3 is 2.62 bits per heavy atom. The Bertz CT molecular complexity index is 416. The first-order valence-corrected chi connectivity index (χ1v) is 5.42. The van der Waals surface area contributed by atoms with Gasteiger partial charge in [-0.2, -0.15) is 4.37 Å². The van der Waals surface area contributed by atoms with E-state index in [0.29, 0.717) is 5.69 Å². The maximum Gasteiger partial charge on any atom is 0.340 e. The molecule has 0 saturated carbocycles. The van der Waals surface area contributed by atoms with Crippen molar-refractivity contribution in [3.63, 3.8) is 0 Å². The third-order valence-corrected chi connectivity index (χ3v) is 2.99. The van der Waals surface area contributed by atoms with Crippen LogP contribution in [0, 0.1) is 6.92 Å². The summed E-state index contributed by atoms with van der Waals surface area (Å²) in [4.78, 5) is 22.5. The summed E-state index contributed by atoms with van der Waals surface area (Å²) < 4.78 is 3.90. The van der Waals surface area contributed by atoms with E-state index >= 15 is 0 Å². The van der Waals surface area contributed by atoms with Crippen molar-refractivity contribution >= 4 is 28.4 Å². The number of hydrogen-bond acceptors (Lipinski definition) is 5. The first-order chi connectivity index (χ1) is 7.47. The number of hydrogen-bond donors (Lipinski definition) is 3. The lowest BCUT2D eigenvalue weighted by Gasteiger charge is -2.09. The lowest BCUT2D eigenvalue weighted by atomic mass is 10.2. The number of amides is 1. The SMILES string of the molecule is CNC(C)C(=O)Nc1snc(C)c1C(=O)O. The number of anilines is 1. The van der Waals surface area contributed by atoms with Gasteiger partial charge < -0.3 is 15.7 Å². The van der Waals surface area contributed by atoms with Gasteiger partial charge in [-0.3, -0.25) is 4.79 Å². The van der Waals surface area contributed by atoms with E-state index in [4.69, 9.17) is 5.11 Å². The van der Waals surface area contributed by atoms with Crippen molar-refractivity contribution in [3.05, 3.63) is 11.3 Å². The summed E-state index contributed by atoms with van der Waals surface area (Å²) in [5, 5.41) is 14.5. The minimum absolute atomic E-state index is 0.0571. The van der Waals surface area contributed by atoms with Gasteiger partial charge in [-0.15, -0.1) is 0 Å². The van der Waals surface area contributed by atoms with Gasteiger partial charge in [-0.25, -0.2) is 4.79 Å². The highest BCUT2D eigenvalue weighted by Crippen LogP contribution is 2.24. The molecular formula is C9H13N3O3S. The molecule has 0 spiro atoms. The molecule has 6 nitrogen and oxygen atoms in total. The molecule has 3 N–H and O–H groups in total. The van der Waals surface area contributed by atoms with Crippen molar-refractivity contribution in [2.45, 2.75) is 19.9 Å². The van der Waals surface area contributed by atoms with Crippen LogP contribution in [0.15, 0.2) is 0 Å². The minimum Gasteiger partial charge on any atom is -0.478 e. The van der Waals surface area contributed by atoms with Gasteiger partial charge >= 0.3 is 5.97 Å². The highest BCUT2D eigenvalue weighted by atomic mass is 32.1. The molecule has 1 amide bonds. The molecule has 0 bridgehead atoms. The normalized spacial score (nSPS) is 12.2. The lowest BCUT2D eigenvalue weighted by molar-refractivity contribution is -0.117. The average Bonchev–Trinajstić information content (AvgIpc) is 2.58. The van der Waals surface area contributed by atoms with Crippen LogP contribution in [0.1, 0.15) is 23.0 Å². The Kier molecular flexibility index (Phi) is 3.97. The predicted octanol–water partition coefficient (Wildman–Crippen LogP) is 0.696. The predicted molar refractivity (Wildman–Crippen MR) is 61.0 cm³/mol. The van der Waals surface area contributed by atoms with E-state index < -0.39 is 5.97 Å². The van der Waals surface area contributed by atoms with E-state index in [1.54, 1.807) is 20.9 Å². The van der Waals surface area contributed by atoms with Gasteiger partial charge in [0.2, 0.25) is 5.91 Å². The Labute approximate surface area is 96.8 Å². The van der Waals surface area contributed by atoms with Crippen molar-refractivity contribution in [2.75, 3.05) is 12.4 Å². The number of carbonyl (C=O) groups excluding carboxylic acids is 1. The number of nitrogens with one attached hydrogen (secondary N) is 2. The molecule has 7 heteroatoms. The first-order valence-electron chi connectivity index (χ1n) is 4.65. The Morgan fingerprint density at radius 2 is 2.12 bits per heavy atom. The van der Waals surface area contributed by atoms with Gasteiger partial charge in [0.25, 0.3) is 0 Å². The molecule has 0 saturated heterocycles. The number of aryl methyl sites for hydroxylation is 1. The maximum atomic E-state index is 11.5. The first kappa shape index (κ1) is 12.6. The van der Waals surface area contributed by atoms with Crippen LogP contribution < -0.4 is 10.6 Å². The summed E-state index contributed by atoms with van der Waals surface area (Å²) in [6, 6.07) is -0.385. The zero-order chi connectivity index (χ0) is 12.3. The van der Waals surface area contributed by atoms with Gasteiger partial charge in [0.05, 0.1) is 11.7 Å². The van der Waals surface area contributed by atoms with Crippen molar-refractivity contribution in [2.24, 2.45) is 0 Å². The summed E-state index contributed by atoms with van der Waals surface area (Å²) in [6.45, 7) is 3.28. The van der Waals surface area contributed by atoms with Gasteiger partial charge in [-0.1, -0.05) is 0 Å². The second-order valence-electron chi connectivity index (χ2n) is 3.28. The zero-order valence-electron chi connectivity index (χ0n) is 9.20. The molecule has 0 radical (unpaired) electrons. The van der Waals surface area contributed by atoms with Gasteiger partial charge in [0.1, 0.15) is 10.6 Å². The third kappa shape index (κ3) is 2.56. The fraction of sp³-hybridized carbons (Fsp3) is 0.444. The summed E-state index contributed by atoms with van der Waals surface area (Å²) in [7, 11) is 1.65. The van der Waals surface area contributed by atoms with Crippen LogP contribution in [0.4, 0.5) is 5.00 Å². The summed E-state index contributed by atoms with van der Waals surface area (Å²) in [6.07, 6.45) is 0. The van der Waals surface area contributed by atoms with Crippen LogP contribution >= 0.6 is 11.5 Å². The molecule has 1 heterocycles. The second-order valence-corrected chi connectivity index (χ2v) is 4.05. The van der Waals surface area contributed by atoms with Crippen LogP contribution in [0.25, 0.3) is 0 Å².